The van der Waals surface area contributed by atoms with Gasteiger partial charge in [0.2, 0.25) is 5.76 Å². The largest absolute Gasteiger partial charge is 0.435 e. The average Bonchev–Trinajstić information content (AvgIpc) is 3.07. The van der Waals surface area contributed by atoms with Gasteiger partial charge in [-0.3, -0.25) is 4.79 Å². The number of amides is 3. The van der Waals surface area contributed by atoms with E-state index >= 15 is 0 Å². The molecule has 2 fully saturated rings. The van der Waals surface area contributed by atoms with Gasteiger partial charge >= 0.3 is 6.03 Å². The third kappa shape index (κ3) is 4.26. The van der Waals surface area contributed by atoms with E-state index < -0.39 is 0 Å². The number of aryl methyl sites for hydroxylation is 2. The van der Waals surface area contributed by atoms with E-state index in [1.54, 1.807) is 11.8 Å². The van der Waals surface area contributed by atoms with Crippen LogP contribution in [-0.2, 0) is 11.2 Å². The predicted molar refractivity (Wildman–Crippen MR) is 99.7 cm³/mol. The molecule has 1 spiro atoms. The van der Waals surface area contributed by atoms with Crippen molar-refractivity contribution >= 4 is 11.9 Å². The maximum Gasteiger partial charge on any atom is 0.317 e. The van der Waals surface area contributed by atoms with Gasteiger partial charge in [-0.1, -0.05) is 13.8 Å². The lowest BCUT2D eigenvalue weighted by atomic mass is 9.89. The Hall–Kier alpha value is -2.09. The standard InChI is InChI=1S/C19H30N4O4/c1-4-8-20-18(25)23-11-12-26-19(13-23)6-9-22(10-7-19)17(24)16-14(3)21-15(5-2)27-16/h4-13H2,1-3H3,(H,20,25). The van der Waals surface area contributed by atoms with E-state index in [9.17, 15) is 9.59 Å². The van der Waals surface area contributed by atoms with Crippen LogP contribution in [0.1, 0.15) is 55.2 Å². The Balaban J connectivity index is 1.59. The van der Waals surface area contributed by atoms with Crippen LogP contribution in [0.4, 0.5) is 4.79 Å². The minimum atomic E-state index is -0.358. The Labute approximate surface area is 160 Å². The first-order valence-electron chi connectivity index (χ1n) is 9.90. The summed E-state index contributed by atoms with van der Waals surface area (Å²) in [5, 5.41) is 2.93. The number of oxazole rings is 1. The van der Waals surface area contributed by atoms with Crippen molar-refractivity contribution in [3.63, 3.8) is 0 Å². The number of hydrogen-bond acceptors (Lipinski definition) is 5. The number of nitrogens with one attached hydrogen (secondary N) is 1. The Kier molecular flexibility index (Phi) is 6.04. The lowest BCUT2D eigenvalue weighted by molar-refractivity contribution is -0.122. The summed E-state index contributed by atoms with van der Waals surface area (Å²) < 4.78 is 11.7. The number of piperidine rings is 1. The zero-order valence-corrected chi connectivity index (χ0v) is 16.5. The first-order chi connectivity index (χ1) is 13.0. The molecular weight excluding hydrogens is 348 g/mol. The fourth-order valence-corrected chi connectivity index (χ4v) is 3.73. The topological polar surface area (TPSA) is 87.9 Å². The van der Waals surface area contributed by atoms with Gasteiger partial charge < -0.3 is 24.3 Å². The van der Waals surface area contributed by atoms with Crippen LogP contribution in [0.5, 0.6) is 0 Å². The summed E-state index contributed by atoms with van der Waals surface area (Å²) in [6.07, 6.45) is 3.01. The molecule has 0 aromatic carbocycles. The highest BCUT2D eigenvalue weighted by Crippen LogP contribution is 2.31. The van der Waals surface area contributed by atoms with Crippen molar-refractivity contribution in [2.45, 2.75) is 52.1 Å². The molecule has 1 N–H and O–H groups in total. The van der Waals surface area contributed by atoms with E-state index in [-0.39, 0.29) is 17.5 Å². The number of carbonyl (C=O) groups is 2. The SMILES string of the molecule is CCCNC(=O)N1CCOC2(CCN(C(=O)c3oc(CC)nc3C)CC2)C1. The van der Waals surface area contributed by atoms with Crippen molar-refractivity contribution in [3.05, 3.63) is 17.3 Å². The molecule has 8 heteroatoms. The Morgan fingerprint density at radius 3 is 2.56 bits per heavy atom. The molecule has 0 radical (unpaired) electrons. The predicted octanol–water partition coefficient (Wildman–Crippen LogP) is 1.97. The number of nitrogens with zero attached hydrogens (tertiary/aromatic N) is 3. The fourth-order valence-electron chi connectivity index (χ4n) is 3.73. The molecule has 3 heterocycles. The summed E-state index contributed by atoms with van der Waals surface area (Å²) in [4.78, 5) is 33.0. The monoisotopic (exact) mass is 378 g/mol. The summed E-state index contributed by atoms with van der Waals surface area (Å²) in [6, 6.07) is -0.0255. The van der Waals surface area contributed by atoms with E-state index in [2.05, 4.69) is 10.3 Å². The molecule has 0 aliphatic carbocycles. The van der Waals surface area contributed by atoms with Gasteiger partial charge in [0.15, 0.2) is 5.89 Å². The van der Waals surface area contributed by atoms with E-state index in [1.807, 2.05) is 18.7 Å². The minimum Gasteiger partial charge on any atom is -0.435 e. The number of ether oxygens (including phenoxy) is 1. The van der Waals surface area contributed by atoms with Crippen LogP contribution >= 0.6 is 0 Å². The number of carbonyl (C=O) groups excluding carboxylic acids is 2. The second-order valence-corrected chi connectivity index (χ2v) is 7.35. The van der Waals surface area contributed by atoms with Crippen LogP contribution < -0.4 is 5.32 Å². The van der Waals surface area contributed by atoms with Gasteiger partial charge in [-0.2, -0.15) is 0 Å². The maximum absolute atomic E-state index is 12.8. The smallest absolute Gasteiger partial charge is 0.317 e. The van der Waals surface area contributed by atoms with Crippen molar-refractivity contribution in [2.75, 3.05) is 39.3 Å². The van der Waals surface area contributed by atoms with Crippen LogP contribution in [0.15, 0.2) is 4.42 Å². The molecule has 8 nitrogen and oxygen atoms in total. The lowest BCUT2D eigenvalue weighted by Gasteiger charge is -2.47. The van der Waals surface area contributed by atoms with Gasteiger partial charge in [0.25, 0.3) is 5.91 Å². The Morgan fingerprint density at radius 2 is 1.93 bits per heavy atom. The van der Waals surface area contributed by atoms with Crippen LogP contribution in [0.2, 0.25) is 0 Å². The van der Waals surface area contributed by atoms with Crippen LogP contribution in [0.3, 0.4) is 0 Å². The van der Waals surface area contributed by atoms with Crippen LogP contribution in [0, 0.1) is 6.92 Å². The molecule has 1 aromatic heterocycles. The van der Waals surface area contributed by atoms with Crippen molar-refractivity contribution in [3.8, 4) is 0 Å². The quantitative estimate of drug-likeness (QED) is 0.865. The first-order valence-corrected chi connectivity index (χ1v) is 9.90. The maximum atomic E-state index is 12.8. The molecule has 1 aromatic rings. The zero-order chi connectivity index (χ0) is 19.4. The second kappa shape index (κ2) is 8.29. The van der Waals surface area contributed by atoms with Crippen LogP contribution in [0.25, 0.3) is 0 Å². The normalized spacial score (nSPS) is 19.4. The van der Waals surface area contributed by atoms with Gasteiger partial charge in [-0.05, 0) is 26.2 Å². The van der Waals surface area contributed by atoms with E-state index in [0.717, 1.165) is 6.42 Å². The molecule has 27 heavy (non-hydrogen) atoms. The molecule has 2 aliphatic rings. The minimum absolute atomic E-state index is 0.0255. The zero-order valence-electron chi connectivity index (χ0n) is 16.5. The molecule has 2 saturated heterocycles. The van der Waals surface area contributed by atoms with E-state index in [4.69, 9.17) is 9.15 Å². The molecular formula is C19H30N4O4. The highest BCUT2D eigenvalue weighted by Gasteiger charge is 2.42. The van der Waals surface area contributed by atoms with Gasteiger partial charge in [0.1, 0.15) is 0 Å². The fraction of sp³-hybridized carbons (Fsp3) is 0.737. The van der Waals surface area contributed by atoms with Gasteiger partial charge in [0.05, 0.1) is 24.4 Å². The van der Waals surface area contributed by atoms with Crippen molar-refractivity contribution in [2.24, 2.45) is 0 Å². The number of morpholine rings is 1. The third-order valence-electron chi connectivity index (χ3n) is 5.36. The van der Waals surface area contributed by atoms with Crippen molar-refractivity contribution < 1.29 is 18.7 Å². The molecule has 2 aliphatic heterocycles. The van der Waals surface area contributed by atoms with Crippen molar-refractivity contribution in [1.82, 2.24) is 20.1 Å². The second-order valence-electron chi connectivity index (χ2n) is 7.35. The summed E-state index contributed by atoms with van der Waals surface area (Å²) >= 11 is 0. The molecule has 3 amide bonds. The van der Waals surface area contributed by atoms with E-state index in [1.165, 1.54) is 0 Å². The number of hydrogen-bond donors (Lipinski definition) is 1. The summed E-state index contributed by atoms with van der Waals surface area (Å²) in [7, 11) is 0. The molecule has 3 rings (SSSR count). The van der Waals surface area contributed by atoms with Crippen molar-refractivity contribution in [1.29, 1.82) is 0 Å². The Morgan fingerprint density at radius 1 is 1.19 bits per heavy atom. The van der Waals surface area contributed by atoms with Gasteiger partial charge in [0, 0.05) is 32.6 Å². The molecule has 0 atom stereocenters. The Bertz CT molecular complexity index is 679. The first kappa shape index (κ1) is 19.7. The van der Waals surface area contributed by atoms with Gasteiger partial charge in [-0.15, -0.1) is 0 Å². The lowest BCUT2D eigenvalue weighted by Crippen LogP contribution is -2.60. The van der Waals surface area contributed by atoms with E-state index in [0.29, 0.717) is 75.9 Å². The third-order valence-corrected chi connectivity index (χ3v) is 5.36. The molecule has 150 valence electrons. The highest BCUT2D eigenvalue weighted by atomic mass is 16.5. The highest BCUT2D eigenvalue weighted by molar-refractivity contribution is 5.92. The summed E-state index contributed by atoms with van der Waals surface area (Å²) in [5.74, 6) is 0.824. The number of likely N-dealkylation sites (tertiary alicyclic amines) is 1. The number of urea groups is 1. The van der Waals surface area contributed by atoms with Crippen LogP contribution in [-0.4, -0.2) is 71.7 Å². The van der Waals surface area contributed by atoms with Gasteiger partial charge in [-0.25, -0.2) is 9.78 Å². The summed E-state index contributed by atoms with van der Waals surface area (Å²) in [6.45, 7) is 9.37. The number of aromatic nitrogens is 1. The molecule has 0 bridgehead atoms. The summed E-state index contributed by atoms with van der Waals surface area (Å²) in [5.41, 5.74) is 0.286. The number of rotatable bonds is 4. The average molecular weight is 378 g/mol. The molecule has 0 saturated carbocycles. The molecule has 0 unspecified atom stereocenters.